The van der Waals surface area contributed by atoms with Crippen LogP contribution in [0, 0.1) is 0 Å². The number of hydrogen-bond donors (Lipinski definition) is 2. The molecule has 0 aromatic carbocycles. The van der Waals surface area contributed by atoms with Gasteiger partial charge in [-0.15, -0.1) is 0 Å². The fourth-order valence-electron chi connectivity index (χ4n) is 1.57. The van der Waals surface area contributed by atoms with Crippen LogP contribution >= 0.6 is 11.8 Å². The number of nitrogens with one attached hydrogen (secondary N) is 2. The average molecular weight is 230 g/mol. The zero-order chi connectivity index (χ0) is 11.3. The van der Waals surface area contributed by atoms with E-state index in [0.717, 1.165) is 25.9 Å². The van der Waals surface area contributed by atoms with Crippen LogP contribution in [0.15, 0.2) is 0 Å². The zero-order valence-electron chi connectivity index (χ0n) is 9.93. The summed E-state index contributed by atoms with van der Waals surface area (Å²) in [4.78, 5) is 11.8. The molecule has 15 heavy (non-hydrogen) atoms. The Bertz CT molecular complexity index is 213. The van der Waals surface area contributed by atoms with E-state index in [1.165, 1.54) is 6.42 Å². The maximum absolute atomic E-state index is 11.8. The van der Waals surface area contributed by atoms with Gasteiger partial charge in [0.1, 0.15) is 0 Å². The predicted molar refractivity (Wildman–Crippen MR) is 66.2 cm³/mol. The number of carbonyl (C=O) groups excluding carboxylic acids is 1. The van der Waals surface area contributed by atoms with Crippen molar-refractivity contribution in [2.75, 3.05) is 19.3 Å². The van der Waals surface area contributed by atoms with Crippen molar-refractivity contribution < 1.29 is 4.79 Å². The van der Waals surface area contributed by atoms with Gasteiger partial charge in [-0.1, -0.05) is 6.42 Å². The highest BCUT2D eigenvalue weighted by molar-refractivity contribution is 7.99. The lowest BCUT2D eigenvalue weighted by atomic mass is 10.0. The molecule has 1 aliphatic heterocycles. The minimum Gasteiger partial charge on any atom is -0.353 e. The van der Waals surface area contributed by atoms with Crippen molar-refractivity contribution in [1.82, 2.24) is 10.6 Å². The van der Waals surface area contributed by atoms with Crippen molar-refractivity contribution in [3.8, 4) is 0 Å². The third-order valence-electron chi connectivity index (χ3n) is 2.87. The third kappa shape index (κ3) is 4.43. The summed E-state index contributed by atoms with van der Waals surface area (Å²) in [6.07, 6.45) is 5.41. The van der Waals surface area contributed by atoms with E-state index < -0.39 is 0 Å². The summed E-state index contributed by atoms with van der Waals surface area (Å²) in [7, 11) is 0. The van der Waals surface area contributed by atoms with Crippen molar-refractivity contribution in [1.29, 1.82) is 0 Å². The van der Waals surface area contributed by atoms with Gasteiger partial charge in [-0.05, 0) is 39.5 Å². The molecule has 4 heteroatoms. The van der Waals surface area contributed by atoms with E-state index in [9.17, 15) is 4.79 Å². The molecule has 0 aromatic heterocycles. The van der Waals surface area contributed by atoms with Crippen LogP contribution in [-0.2, 0) is 4.79 Å². The first kappa shape index (κ1) is 12.8. The summed E-state index contributed by atoms with van der Waals surface area (Å²) in [5.41, 5.74) is 0. The van der Waals surface area contributed by atoms with E-state index in [0.29, 0.717) is 0 Å². The lowest BCUT2D eigenvalue weighted by Gasteiger charge is -2.26. The summed E-state index contributed by atoms with van der Waals surface area (Å²) in [5.74, 6) is 0.164. The number of rotatable bonds is 4. The van der Waals surface area contributed by atoms with Crippen LogP contribution in [-0.4, -0.2) is 36.0 Å². The molecule has 1 aliphatic rings. The van der Waals surface area contributed by atoms with Crippen LogP contribution in [0.25, 0.3) is 0 Å². The van der Waals surface area contributed by atoms with Gasteiger partial charge < -0.3 is 10.6 Å². The molecule has 88 valence electrons. The summed E-state index contributed by atoms with van der Waals surface area (Å²) >= 11 is 1.78. The average Bonchev–Trinajstić information content (AvgIpc) is 2.27. The summed E-state index contributed by atoms with van der Waals surface area (Å²) in [6, 6.07) is 0.0383. The summed E-state index contributed by atoms with van der Waals surface area (Å²) < 4.78 is 0.129. The smallest absolute Gasteiger partial charge is 0.237 e. The molecule has 0 saturated carbocycles. The molecule has 0 aromatic rings. The van der Waals surface area contributed by atoms with Crippen molar-refractivity contribution in [2.45, 2.75) is 43.9 Å². The van der Waals surface area contributed by atoms with Crippen molar-refractivity contribution in [3.63, 3.8) is 0 Å². The highest BCUT2D eigenvalue weighted by atomic mass is 32.2. The normalized spacial score (nSPS) is 22.5. The van der Waals surface area contributed by atoms with Crippen molar-refractivity contribution >= 4 is 17.7 Å². The fraction of sp³-hybridized carbons (Fsp3) is 0.909. The minimum absolute atomic E-state index is 0.0383. The second kappa shape index (κ2) is 5.75. The molecule has 0 bridgehead atoms. The quantitative estimate of drug-likeness (QED) is 0.767. The van der Waals surface area contributed by atoms with Gasteiger partial charge in [0.05, 0.1) is 6.04 Å². The van der Waals surface area contributed by atoms with Gasteiger partial charge in [0.25, 0.3) is 0 Å². The standard InChI is InChI=1S/C11H22N2OS/c1-11(2,15-3)8-13-10(14)9-6-4-5-7-12-9/h9,12H,4-8H2,1-3H3,(H,13,14)/t9-/m1/s1. The van der Waals surface area contributed by atoms with Gasteiger partial charge in [0.2, 0.25) is 5.91 Å². The van der Waals surface area contributed by atoms with Gasteiger partial charge >= 0.3 is 0 Å². The third-order valence-corrected chi connectivity index (χ3v) is 4.12. The first-order chi connectivity index (χ1) is 7.05. The molecule has 0 aliphatic carbocycles. The molecule has 0 radical (unpaired) electrons. The van der Waals surface area contributed by atoms with E-state index in [2.05, 4.69) is 30.7 Å². The minimum atomic E-state index is 0.0383. The Morgan fingerprint density at radius 2 is 2.27 bits per heavy atom. The van der Waals surface area contributed by atoms with Gasteiger partial charge in [0.15, 0.2) is 0 Å². The Morgan fingerprint density at radius 1 is 1.53 bits per heavy atom. The first-order valence-electron chi connectivity index (χ1n) is 5.61. The zero-order valence-corrected chi connectivity index (χ0v) is 10.7. The van der Waals surface area contributed by atoms with E-state index in [1.807, 2.05) is 0 Å². The second-order valence-electron chi connectivity index (χ2n) is 4.68. The largest absolute Gasteiger partial charge is 0.353 e. The van der Waals surface area contributed by atoms with Crippen LogP contribution < -0.4 is 10.6 Å². The molecule has 1 fully saturated rings. The van der Waals surface area contributed by atoms with Crippen LogP contribution in [0.2, 0.25) is 0 Å². The molecule has 2 N–H and O–H groups in total. The second-order valence-corrected chi connectivity index (χ2v) is 6.20. The van der Waals surface area contributed by atoms with Gasteiger partial charge in [0, 0.05) is 11.3 Å². The molecule has 1 heterocycles. The monoisotopic (exact) mass is 230 g/mol. The lowest BCUT2D eigenvalue weighted by Crippen LogP contribution is -2.49. The molecule has 1 saturated heterocycles. The Balaban J connectivity index is 2.28. The maximum atomic E-state index is 11.8. The highest BCUT2D eigenvalue weighted by Crippen LogP contribution is 2.19. The van der Waals surface area contributed by atoms with E-state index in [1.54, 1.807) is 11.8 Å². The maximum Gasteiger partial charge on any atom is 0.237 e. The molecule has 0 unspecified atom stereocenters. The molecule has 1 rings (SSSR count). The van der Waals surface area contributed by atoms with Crippen LogP contribution in [0.5, 0.6) is 0 Å². The Kier molecular flexibility index (Phi) is 4.93. The molecular weight excluding hydrogens is 208 g/mol. The Morgan fingerprint density at radius 3 is 2.80 bits per heavy atom. The van der Waals surface area contributed by atoms with Gasteiger partial charge in [-0.2, -0.15) is 11.8 Å². The van der Waals surface area contributed by atoms with Crippen LogP contribution in [0.1, 0.15) is 33.1 Å². The highest BCUT2D eigenvalue weighted by Gasteiger charge is 2.23. The fourth-order valence-corrected chi connectivity index (χ4v) is 1.79. The molecule has 0 spiro atoms. The lowest BCUT2D eigenvalue weighted by molar-refractivity contribution is -0.123. The molecular formula is C11H22N2OS. The molecule has 1 atom stereocenters. The van der Waals surface area contributed by atoms with Gasteiger partial charge in [-0.25, -0.2) is 0 Å². The first-order valence-corrected chi connectivity index (χ1v) is 6.84. The topological polar surface area (TPSA) is 41.1 Å². The van der Waals surface area contributed by atoms with E-state index >= 15 is 0 Å². The molecule has 1 amide bonds. The summed E-state index contributed by atoms with van der Waals surface area (Å²) in [5, 5.41) is 6.28. The van der Waals surface area contributed by atoms with Gasteiger partial charge in [-0.3, -0.25) is 4.79 Å². The number of amides is 1. The molecule has 3 nitrogen and oxygen atoms in total. The summed E-state index contributed by atoms with van der Waals surface area (Å²) in [6.45, 7) is 6.01. The Hall–Kier alpha value is -0.220. The number of piperidine rings is 1. The number of carbonyl (C=O) groups is 1. The SMILES string of the molecule is CSC(C)(C)CNC(=O)[C@H]1CCCCN1. The predicted octanol–water partition coefficient (Wildman–Crippen LogP) is 1.39. The number of hydrogen-bond acceptors (Lipinski definition) is 3. The van der Waals surface area contributed by atoms with Crippen molar-refractivity contribution in [2.24, 2.45) is 0 Å². The van der Waals surface area contributed by atoms with Crippen LogP contribution in [0.4, 0.5) is 0 Å². The van der Waals surface area contributed by atoms with Crippen molar-refractivity contribution in [3.05, 3.63) is 0 Å². The van der Waals surface area contributed by atoms with E-state index in [-0.39, 0.29) is 16.7 Å². The van der Waals surface area contributed by atoms with Crippen LogP contribution in [0.3, 0.4) is 0 Å². The Labute approximate surface area is 96.8 Å². The van der Waals surface area contributed by atoms with E-state index in [4.69, 9.17) is 0 Å². The number of thioether (sulfide) groups is 1.